The van der Waals surface area contributed by atoms with Crippen LogP contribution in [-0.4, -0.2) is 19.0 Å². The molecule has 1 aliphatic rings. The van der Waals surface area contributed by atoms with Gasteiger partial charge in [0.25, 0.3) is 0 Å². The zero-order valence-corrected chi connectivity index (χ0v) is 23.0. The largest absolute Gasteiger partial charge is 0.493 e. The highest BCUT2D eigenvalue weighted by Gasteiger charge is 2.25. The summed E-state index contributed by atoms with van der Waals surface area (Å²) in [6.45, 7) is 2.39. The molecule has 33 heavy (non-hydrogen) atoms. The molecular formula is C25H18Br2INO4. The highest BCUT2D eigenvalue weighted by molar-refractivity contribution is 14.1. The fourth-order valence-corrected chi connectivity index (χ4v) is 4.34. The number of halogens is 3. The van der Waals surface area contributed by atoms with E-state index in [1.807, 2.05) is 55.5 Å². The summed E-state index contributed by atoms with van der Waals surface area (Å²) in [5, 5.41) is 0. The van der Waals surface area contributed by atoms with Gasteiger partial charge in [-0.2, -0.15) is 0 Å². The predicted molar refractivity (Wildman–Crippen MR) is 144 cm³/mol. The summed E-state index contributed by atoms with van der Waals surface area (Å²) in [6.07, 6.45) is 1.67. The minimum atomic E-state index is -0.494. The first-order valence-corrected chi connectivity index (χ1v) is 12.5. The van der Waals surface area contributed by atoms with Gasteiger partial charge < -0.3 is 14.2 Å². The van der Waals surface area contributed by atoms with Gasteiger partial charge in [0.15, 0.2) is 17.2 Å². The van der Waals surface area contributed by atoms with Crippen molar-refractivity contribution in [3.05, 3.63) is 95.1 Å². The Kier molecular flexibility index (Phi) is 7.55. The molecule has 8 heteroatoms. The third-order valence-electron chi connectivity index (χ3n) is 4.88. The first-order valence-electron chi connectivity index (χ1n) is 9.88. The molecule has 0 aromatic heterocycles. The Bertz CT molecular complexity index is 1290. The van der Waals surface area contributed by atoms with Crippen LogP contribution in [0.15, 0.2) is 74.2 Å². The monoisotopic (exact) mass is 681 g/mol. The van der Waals surface area contributed by atoms with Gasteiger partial charge >= 0.3 is 5.97 Å². The van der Waals surface area contributed by atoms with Crippen LogP contribution >= 0.6 is 54.5 Å². The third kappa shape index (κ3) is 5.67. The van der Waals surface area contributed by atoms with Gasteiger partial charge in [0.1, 0.15) is 6.61 Å². The number of nitrogens with zero attached hydrogens (tertiary/aromatic N) is 1. The van der Waals surface area contributed by atoms with Crippen molar-refractivity contribution >= 4 is 72.4 Å². The van der Waals surface area contributed by atoms with Gasteiger partial charge in [-0.05, 0) is 111 Å². The normalized spacial score (nSPS) is 14.3. The van der Waals surface area contributed by atoms with Crippen LogP contribution in [0.4, 0.5) is 0 Å². The molecule has 0 saturated heterocycles. The summed E-state index contributed by atoms with van der Waals surface area (Å²) in [6, 6.07) is 17.4. The molecule has 0 aliphatic carbocycles. The van der Waals surface area contributed by atoms with Crippen molar-refractivity contribution in [1.29, 1.82) is 0 Å². The number of hydrogen-bond acceptors (Lipinski definition) is 5. The second-order valence-electron chi connectivity index (χ2n) is 7.25. The Balaban J connectivity index is 1.59. The summed E-state index contributed by atoms with van der Waals surface area (Å²) in [4.78, 5) is 16.8. The molecule has 0 spiro atoms. The van der Waals surface area contributed by atoms with E-state index >= 15 is 0 Å². The third-order valence-corrected chi connectivity index (χ3v) is 7.21. The number of rotatable bonds is 6. The summed E-state index contributed by atoms with van der Waals surface area (Å²) in [7, 11) is 1.57. The lowest BCUT2D eigenvalue weighted by molar-refractivity contribution is -0.129. The molecule has 0 fully saturated rings. The van der Waals surface area contributed by atoms with Crippen molar-refractivity contribution in [3.63, 3.8) is 0 Å². The maximum Gasteiger partial charge on any atom is 0.363 e. The molecule has 3 aromatic rings. The highest BCUT2D eigenvalue weighted by atomic mass is 127. The average Bonchev–Trinajstić information content (AvgIpc) is 3.15. The molecule has 5 nitrogen and oxygen atoms in total. The van der Waals surface area contributed by atoms with Crippen LogP contribution < -0.4 is 9.47 Å². The molecule has 168 valence electrons. The molecule has 0 amide bonds. The lowest BCUT2D eigenvalue weighted by Crippen LogP contribution is -2.05. The fraction of sp³-hybridized carbons (Fsp3) is 0.120. The number of hydrogen-bond donors (Lipinski definition) is 0. The Morgan fingerprint density at radius 1 is 1.09 bits per heavy atom. The van der Waals surface area contributed by atoms with E-state index in [4.69, 9.17) is 14.2 Å². The van der Waals surface area contributed by atoms with Gasteiger partial charge in [0.2, 0.25) is 5.90 Å². The SMILES string of the molecule is COc1cc(/C=C2\N=C(c3ccc(I)c(C)c3)OC2=O)cc(Br)c1OCc1ccc(Br)cc1. The number of esters is 1. The van der Waals surface area contributed by atoms with Crippen molar-refractivity contribution in [1.82, 2.24) is 0 Å². The van der Waals surface area contributed by atoms with Crippen molar-refractivity contribution in [3.8, 4) is 11.5 Å². The molecule has 1 aliphatic heterocycles. The second-order valence-corrected chi connectivity index (χ2v) is 10.2. The number of aliphatic imine (C=N–C) groups is 1. The van der Waals surface area contributed by atoms with Gasteiger partial charge in [0, 0.05) is 13.6 Å². The van der Waals surface area contributed by atoms with Crippen LogP contribution in [0, 0.1) is 10.5 Å². The number of aryl methyl sites for hydroxylation is 1. The fourth-order valence-electron chi connectivity index (χ4n) is 3.17. The van der Waals surface area contributed by atoms with E-state index in [-0.39, 0.29) is 5.70 Å². The lowest BCUT2D eigenvalue weighted by Gasteiger charge is -2.14. The summed E-state index contributed by atoms with van der Waals surface area (Å²) >= 11 is 9.25. The van der Waals surface area contributed by atoms with E-state index in [1.165, 1.54) is 0 Å². The molecule has 4 rings (SSSR count). The van der Waals surface area contributed by atoms with E-state index in [9.17, 15) is 4.79 Å². The van der Waals surface area contributed by atoms with Crippen LogP contribution in [0.2, 0.25) is 0 Å². The van der Waals surface area contributed by atoms with Crippen LogP contribution in [-0.2, 0) is 16.1 Å². The van der Waals surface area contributed by atoms with E-state index in [1.54, 1.807) is 19.3 Å². The van der Waals surface area contributed by atoms with Crippen LogP contribution in [0.1, 0.15) is 22.3 Å². The topological polar surface area (TPSA) is 57.1 Å². The van der Waals surface area contributed by atoms with Gasteiger partial charge in [-0.15, -0.1) is 0 Å². The Hall–Kier alpha value is -2.17. The van der Waals surface area contributed by atoms with E-state index in [0.29, 0.717) is 28.5 Å². The van der Waals surface area contributed by atoms with Gasteiger partial charge in [-0.25, -0.2) is 9.79 Å². The number of cyclic esters (lactones) is 1. The van der Waals surface area contributed by atoms with Crippen LogP contribution in [0.5, 0.6) is 11.5 Å². The smallest absolute Gasteiger partial charge is 0.363 e. The van der Waals surface area contributed by atoms with E-state index in [0.717, 1.165) is 30.3 Å². The molecule has 0 saturated carbocycles. The van der Waals surface area contributed by atoms with Gasteiger partial charge in [-0.3, -0.25) is 0 Å². The molecule has 0 unspecified atom stereocenters. The Morgan fingerprint density at radius 2 is 1.85 bits per heavy atom. The highest BCUT2D eigenvalue weighted by Crippen LogP contribution is 2.38. The average molecular weight is 683 g/mol. The van der Waals surface area contributed by atoms with Crippen molar-refractivity contribution in [2.75, 3.05) is 7.11 Å². The Morgan fingerprint density at radius 3 is 2.55 bits per heavy atom. The van der Waals surface area contributed by atoms with Crippen LogP contribution in [0.3, 0.4) is 0 Å². The zero-order chi connectivity index (χ0) is 23.5. The summed E-state index contributed by atoms with van der Waals surface area (Å²) in [5.41, 5.74) is 3.83. The number of methoxy groups -OCH3 is 1. The van der Waals surface area contributed by atoms with Crippen LogP contribution in [0.25, 0.3) is 6.08 Å². The standard InChI is InChI=1S/C25H18Br2INO4/c1-14-9-17(5-8-20(14)28)24-29-21(25(30)33-24)11-16-10-19(27)23(22(12-16)31-2)32-13-15-3-6-18(26)7-4-15/h3-12H,13H2,1-2H3/b21-11-. The van der Waals surface area contributed by atoms with Gasteiger partial charge in [-0.1, -0.05) is 28.1 Å². The maximum atomic E-state index is 12.4. The molecule has 0 radical (unpaired) electrons. The molecule has 0 atom stereocenters. The predicted octanol–water partition coefficient (Wildman–Crippen LogP) is 7.06. The molecule has 0 bridgehead atoms. The number of carbonyl (C=O) groups is 1. The van der Waals surface area contributed by atoms with Crippen molar-refractivity contribution < 1.29 is 19.0 Å². The van der Waals surface area contributed by atoms with Gasteiger partial charge in [0.05, 0.1) is 11.6 Å². The minimum Gasteiger partial charge on any atom is -0.493 e. The quantitative estimate of drug-likeness (QED) is 0.159. The second kappa shape index (κ2) is 10.4. The maximum absolute atomic E-state index is 12.4. The molecule has 3 aromatic carbocycles. The number of ether oxygens (including phenoxy) is 3. The first kappa shape index (κ1) is 24.0. The summed E-state index contributed by atoms with van der Waals surface area (Å²) < 4.78 is 19.8. The lowest BCUT2D eigenvalue weighted by atomic mass is 10.1. The minimum absolute atomic E-state index is 0.221. The van der Waals surface area contributed by atoms with E-state index < -0.39 is 5.97 Å². The molecule has 0 N–H and O–H groups in total. The first-order chi connectivity index (χ1) is 15.8. The van der Waals surface area contributed by atoms with Crippen molar-refractivity contribution in [2.45, 2.75) is 13.5 Å². The van der Waals surface area contributed by atoms with Crippen molar-refractivity contribution in [2.24, 2.45) is 4.99 Å². The Labute approximate surface area is 222 Å². The summed E-state index contributed by atoms with van der Waals surface area (Å²) in [5.74, 6) is 0.922. The number of carbonyl (C=O) groups excluding carboxylic acids is 1. The molecular weight excluding hydrogens is 665 g/mol. The molecule has 1 heterocycles. The van der Waals surface area contributed by atoms with E-state index in [2.05, 4.69) is 59.4 Å². The number of benzene rings is 3. The zero-order valence-electron chi connectivity index (χ0n) is 17.7.